The number of amides is 2. The third kappa shape index (κ3) is 3.91. The first-order valence-corrected chi connectivity index (χ1v) is 5.73. The molecule has 0 unspecified atom stereocenters. The van der Waals surface area contributed by atoms with Crippen LogP contribution in [0.25, 0.3) is 0 Å². The van der Waals surface area contributed by atoms with E-state index >= 15 is 0 Å². The van der Waals surface area contributed by atoms with Crippen molar-refractivity contribution in [3.63, 3.8) is 0 Å². The minimum absolute atomic E-state index is 0.177. The van der Waals surface area contributed by atoms with Crippen LogP contribution in [0.3, 0.4) is 0 Å². The van der Waals surface area contributed by atoms with Crippen molar-refractivity contribution in [1.29, 1.82) is 0 Å². The maximum Gasteiger partial charge on any atom is 0.251 e. The first-order chi connectivity index (χ1) is 9.25. The molecule has 0 aliphatic rings. The molecule has 0 spiro atoms. The predicted molar refractivity (Wildman–Crippen MR) is 67.8 cm³/mol. The zero-order valence-corrected chi connectivity index (χ0v) is 10.1. The Morgan fingerprint density at radius 2 is 1.79 bits per heavy atom. The molecule has 0 radical (unpaired) electrons. The lowest BCUT2D eigenvalue weighted by Gasteiger charge is -2.06. The highest BCUT2D eigenvalue weighted by Crippen LogP contribution is 1.97. The van der Waals surface area contributed by atoms with Crippen LogP contribution in [0.1, 0.15) is 16.8 Å². The largest absolute Gasteiger partial charge is 0.352 e. The molecule has 1 heterocycles. The van der Waals surface area contributed by atoms with Gasteiger partial charge in [0.15, 0.2) is 0 Å². The molecule has 0 saturated heterocycles. The molecule has 98 valence electrons. The topological polar surface area (TPSA) is 88.9 Å². The zero-order chi connectivity index (χ0) is 13.5. The lowest BCUT2D eigenvalue weighted by atomic mass is 10.2. The summed E-state index contributed by atoms with van der Waals surface area (Å²) in [5.74, 6) is -0.425. The van der Waals surface area contributed by atoms with Crippen LogP contribution in [0.2, 0.25) is 0 Å². The van der Waals surface area contributed by atoms with Crippen molar-refractivity contribution < 1.29 is 9.59 Å². The fourth-order valence-electron chi connectivity index (χ4n) is 1.44. The number of nitrogens with zero attached hydrogens (tertiary/aromatic N) is 3. The number of carbonyl (C=O) groups is 2. The number of benzene rings is 1. The average Bonchev–Trinajstić information content (AvgIpc) is 2.92. The second-order valence-corrected chi connectivity index (χ2v) is 3.78. The van der Waals surface area contributed by atoms with Gasteiger partial charge in [-0.3, -0.25) is 15.0 Å². The van der Waals surface area contributed by atoms with Gasteiger partial charge in [0.2, 0.25) is 5.91 Å². The Bertz CT molecular complexity index is 539. The summed E-state index contributed by atoms with van der Waals surface area (Å²) in [5, 5.41) is 9.77. The quantitative estimate of drug-likeness (QED) is 0.801. The molecule has 1 aromatic carbocycles. The second kappa shape index (κ2) is 6.29. The lowest BCUT2D eigenvalue weighted by Crippen LogP contribution is -2.29. The molecule has 7 nitrogen and oxygen atoms in total. The average molecular weight is 259 g/mol. The van der Waals surface area contributed by atoms with E-state index in [1.807, 2.05) is 6.07 Å². The van der Waals surface area contributed by atoms with E-state index in [1.165, 1.54) is 17.3 Å². The summed E-state index contributed by atoms with van der Waals surface area (Å²) in [4.78, 5) is 23.2. The van der Waals surface area contributed by atoms with Gasteiger partial charge in [0.05, 0.1) is 0 Å². The van der Waals surface area contributed by atoms with Gasteiger partial charge in [-0.05, 0) is 12.1 Å². The summed E-state index contributed by atoms with van der Waals surface area (Å²) in [5.41, 5.74) is 3.11. The highest BCUT2D eigenvalue weighted by atomic mass is 16.2. The predicted octanol–water partition coefficient (Wildman–Crippen LogP) is 0.168. The molecule has 7 heteroatoms. The van der Waals surface area contributed by atoms with Gasteiger partial charge < -0.3 is 5.32 Å². The fourth-order valence-corrected chi connectivity index (χ4v) is 1.44. The monoisotopic (exact) mass is 259 g/mol. The van der Waals surface area contributed by atoms with Gasteiger partial charge in [-0.15, -0.1) is 10.2 Å². The molecule has 2 aromatic rings. The molecule has 0 bridgehead atoms. The van der Waals surface area contributed by atoms with Crippen molar-refractivity contribution in [2.75, 3.05) is 12.0 Å². The second-order valence-electron chi connectivity index (χ2n) is 3.78. The van der Waals surface area contributed by atoms with E-state index in [-0.39, 0.29) is 24.8 Å². The third-order valence-corrected chi connectivity index (χ3v) is 2.35. The Labute approximate surface area is 109 Å². The summed E-state index contributed by atoms with van der Waals surface area (Å²) in [6.07, 6.45) is 2.93. The molecular formula is C12H13N5O2. The number of nitrogens with one attached hydrogen (secondary N) is 2. The van der Waals surface area contributed by atoms with Gasteiger partial charge in [-0.2, -0.15) is 0 Å². The summed E-state index contributed by atoms with van der Waals surface area (Å²) >= 11 is 0. The van der Waals surface area contributed by atoms with E-state index in [9.17, 15) is 9.59 Å². The van der Waals surface area contributed by atoms with Crippen molar-refractivity contribution >= 4 is 11.8 Å². The molecule has 0 saturated carbocycles. The first kappa shape index (κ1) is 12.7. The smallest absolute Gasteiger partial charge is 0.251 e. The number of carbonyl (C=O) groups excluding carboxylic acids is 2. The number of hydrogen-bond acceptors (Lipinski definition) is 4. The van der Waals surface area contributed by atoms with Crippen LogP contribution in [0.5, 0.6) is 0 Å². The van der Waals surface area contributed by atoms with E-state index in [4.69, 9.17) is 0 Å². The van der Waals surface area contributed by atoms with Crippen molar-refractivity contribution in [2.45, 2.75) is 6.42 Å². The summed E-state index contributed by atoms with van der Waals surface area (Å²) in [6.45, 7) is 0.266. The molecule has 0 atom stereocenters. The minimum Gasteiger partial charge on any atom is -0.352 e. The van der Waals surface area contributed by atoms with Crippen LogP contribution < -0.4 is 10.7 Å². The molecule has 0 fully saturated rings. The highest BCUT2D eigenvalue weighted by molar-refractivity contribution is 5.94. The van der Waals surface area contributed by atoms with Crippen molar-refractivity contribution in [1.82, 2.24) is 20.2 Å². The van der Waals surface area contributed by atoms with Crippen LogP contribution in [-0.4, -0.2) is 33.2 Å². The molecular weight excluding hydrogens is 246 g/mol. The van der Waals surface area contributed by atoms with Gasteiger partial charge in [0.25, 0.3) is 5.91 Å². The van der Waals surface area contributed by atoms with Crippen LogP contribution in [0.4, 0.5) is 0 Å². The van der Waals surface area contributed by atoms with E-state index in [2.05, 4.69) is 20.9 Å². The SMILES string of the molecule is O=C(CCNC(=O)c1ccccc1)Nn1cnnc1. The molecule has 19 heavy (non-hydrogen) atoms. The van der Waals surface area contributed by atoms with Crippen molar-refractivity contribution in [3.8, 4) is 0 Å². The van der Waals surface area contributed by atoms with Gasteiger partial charge in [-0.25, -0.2) is 4.68 Å². The standard InChI is InChI=1S/C12H13N5O2/c18-11(16-17-8-14-15-9-17)6-7-13-12(19)10-4-2-1-3-5-10/h1-5,8-9H,6-7H2,(H,13,19)(H,16,18). The Balaban J connectivity index is 1.72. The Hall–Kier alpha value is -2.70. The first-order valence-electron chi connectivity index (χ1n) is 5.73. The molecule has 1 aromatic heterocycles. The summed E-state index contributed by atoms with van der Waals surface area (Å²) in [6, 6.07) is 8.84. The summed E-state index contributed by atoms with van der Waals surface area (Å²) in [7, 11) is 0. The molecule has 0 aliphatic carbocycles. The Kier molecular flexibility index (Phi) is 4.22. The molecule has 2 N–H and O–H groups in total. The minimum atomic E-state index is -0.229. The van der Waals surface area contributed by atoms with Crippen LogP contribution in [-0.2, 0) is 4.79 Å². The molecule has 2 amide bonds. The zero-order valence-electron chi connectivity index (χ0n) is 10.1. The van der Waals surface area contributed by atoms with Gasteiger partial charge in [0, 0.05) is 18.5 Å². The van der Waals surface area contributed by atoms with E-state index < -0.39 is 0 Å². The summed E-state index contributed by atoms with van der Waals surface area (Å²) < 4.78 is 1.35. The highest BCUT2D eigenvalue weighted by Gasteiger charge is 2.06. The van der Waals surface area contributed by atoms with E-state index in [0.29, 0.717) is 5.56 Å². The van der Waals surface area contributed by atoms with Gasteiger partial charge >= 0.3 is 0 Å². The van der Waals surface area contributed by atoms with E-state index in [1.54, 1.807) is 24.3 Å². The number of hydrogen-bond donors (Lipinski definition) is 2. The maximum atomic E-state index is 11.7. The molecule has 2 rings (SSSR count). The van der Waals surface area contributed by atoms with Crippen LogP contribution in [0, 0.1) is 0 Å². The third-order valence-electron chi connectivity index (χ3n) is 2.35. The normalized spacial score (nSPS) is 9.89. The lowest BCUT2D eigenvalue weighted by molar-refractivity contribution is -0.117. The van der Waals surface area contributed by atoms with Crippen LogP contribution >= 0.6 is 0 Å². The Morgan fingerprint density at radius 1 is 1.11 bits per heavy atom. The van der Waals surface area contributed by atoms with Crippen molar-refractivity contribution in [3.05, 3.63) is 48.5 Å². The number of rotatable bonds is 5. The Morgan fingerprint density at radius 3 is 2.47 bits per heavy atom. The fraction of sp³-hybridized carbons (Fsp3) is 0.167. The van der Waals surface area contributed by atoms with Gasteiger partial charge in [0.1, 0.15) is 12.7 Å². The maximum absolute atomic E-state index is 11.7. The van der Waals surface area contributed by atoms with Gasteiger partial charge in [-0.1, -0.05) is 18.2 Å². The van der Waals surface area contributed by atoms with E-state index in [0.717, 1.165) is 0 Å². The number of aromatic nitrogens is 3. The van der Waals surface area contributed by atoms with Crippen molar-refractivity contribution in [2.24, 2.45) is 0 Å². The molecule has 0 aliphatic heterocycles. The van der Waals surface area contributed by atoms with Crippen LogP contribution in [0.15, 0.2) is 43.0 Å².